The number of hydrogen-bond donors (Lipinski definition) is 2. The molecule has 0 radical (unpaired) electrons. The number of rotatable bonds is 10. The minimum absolute atomic E-state index is 0.0990. The van der Waals surface area contributed by atoms with Crippen molar-refractivity contribution in [3.63, 3.8) is 0 Å². The Balaban J connectivity index is 1.47. The van der Waals surface area contributed by atoms with Crippen molar-refractivity contribution >= 4 is 40.7 Å². The summed E-state index contributed by atoms with van der Waals surface area (Å²) in [5, 5.41) is 6.15. The molecule has 3 amide bonds. The second kappa shape index (κ2) is 11.5. The minimum Gasteiger partial charge on any atom is -0.484 e. The van der Waals surface area contributed by atoms with Crippen LogP contribution in [0.4, 0.5) is 11.4 Å². The number of carbonyl (C=O) groups is 3. The van der Waals surface area contributed by atoms with E-state index in [2.05, 4.69) is 10.6 Å². The van der Waals surface area contributed by atoms with E-state index in [0.717, 1.165) is 6.42 Å². The predicted octanol–water partition coefficient (Wildman–Crippen LogP) is 2.86. The van der Waals surface area contributed by atoms with Crippen LogP contribution < -0.4 is 20.3 Å². The molecule has 0 saturated carbocycles. The molecule has 3 rings (SSSR count). The Morgan fingerprint density at radius 1 is 1.12 bits per heavy atom. The van der Waals surface area contributed by atoms with Gasteiger partial charge in [0.25, 0.3) is 5.91 Å². The number of hydrogen-bond acceptors (Lipinski definition) is 5. The van der Waals surface area contributed by atoms with Crippen molar-refractivity contribution in [2.45, 2.75) is 12.8 Å². The SMILES string of the molecule is COCCCNC(=O)[C@@H]1CC(=O)N(c2ccc(OCC(=O)Nc3ccc(Cl)cc3)cc2)C1. The van der Waals surface area contributed by atoms with Gasteiger partial charge in [0.05, 0.1) is 5.92 Å². The number of ether oxygens (including phenoxy) is 2. The van der Waals surface area contributed by atoms with Crippen LogP contribution in [0.3, 0.4) is 0 Å². The van der Waals surface area contributed by atoms with Crippen molar-refractivity contribution < 1.29 is 23.9 Å². The topological polar surface area (TPSA) is 97.0 Å². The van der Waals surface area contributed by atoms with Crippen molar-refractivity contribution in [3.8, 4) is 5.75 Å². The van der Waals surface area contributed by atoms with Crippen molar-refractivity contribution in [2.75, 3.05) is 43.6 Å². The van der Waals surface area contributed by atoms with Gasteiger partial charge in [0, 0.05) is 49.6 Å². The molecule has 0 spiro atoms. The number of nitrogens with zero attached hydrogens (tertiary/aromatic N) is 1. The first kappa shape index (κ1) is 23.6. The molecule has 1 aliphatic heterocycles. The van der Waals surface area contributed by atoms with E-state index in [0.29, 0.717) is 41.8 Å². The predicted molar refractivity (Wildman–Crippen MR) is 122 cm³/mol. The van der Waals surface area contributed by atoms with E-state index in [9.17, 15) is 14.4 Å². The summed E-state index contributed by atoms with van der Waals surface area (Å²) in [6.45, 7) is 1.27. The van der Waals surface area contributed by atoms with Gasteiger partial charge >= 0.3 is 0 Å². The van der Waals surface area contributed by atoms with Gasteiger partial charge in [-0.2, -0.15) is 0 Å². The second-order valence-corrected chi connectivity index (χ2v) is 7.82. The van der Waals surface area contributed by atoms with E-state index in [1.54, 1.807) is 60.5 Å². The van der Waals surface area contributed by atoms with Crippen LogP contribution in [-0.2, 0) is 19.1 Å². The summed E-state index contributed by atoms with van der Waals surface area (Å²) in [6, 6.07) is 13.6. The molecule has 1 saturated heterocycles. The quantitative estimate of drug-likeness (QED) is 0.532. The van der Waals surface area contributed by atoms with Gasteiger partial charge in [-0.3, -0.25) is 14.4 Å². The van der Waals surface area contributed by atoms with Crippen LogP contribution in [0.25, 0.3) is 0 Å². The highest BCUT2D eigenvalue weighted by Crippen LogP contribution is 2.27. The maximum absolute atomic E-state index is 12.4. The van der Waals surface area contributed by atoms with Gasteiger partial charge in [-0.1, -0.05) is 11.6 Å². The van der Waals surface area contributed by atoms with E-state index in [-0.39, 0.29) is 36.7 Å². The number of methoxy groups -OCH3 is 1. The first-order chi connectivity index (χ1) is 15.5. The Morgan fingerprint density at radius 3 is 2.53 bits per heavy atom. The molecule has 8 nitrogen and oxygen atoms in total. The molecule has 9 heteroatoms. The molecular weight excluding hydrogens is 434 g/mol. The standard InChI is InChI=1S/C23H26ClN3O5/c1-31-12-2-11-25-23(30)16-13-22(29)27(14-16)19-7-9-20(10-8-19)32-15-21(28)26-18-5-3-17(24)4-6-18/h3-10,16H,2,11-15H2,1H3,(H,25,30)(H,26,28)/t16-/m1/s1. The molecular formula is C23H26ClN3O5. The lowest BCUT2D eigenvalue weighted by Gasteiger charge is -2.17. The Morgan fingerprint density at radius 2 is 1.84 bits per heavy atom. The highest BCUT2D eigenvalue weighted by atomic mass is 35.5. The fraction of sp³-hybridized carbons (Fsp3) is 0.348. The van der Waals surface area contributed by atoms with Crippen LogP contribution in [0, 0.1) is 5.92 Å². The summed E-state index contributed by atoms with van der Waals surface area (Å²) in [6.07, 6.45) is 0.908. The molecule has 1 aliphatic rings. The fourth-order valence-corrected chi connectivity index (χ4v) is 3.43. The van der Waals surface area contributed by atoms with Gasteiger partial charge in [-0.05, 0) is 55.0 Å². The maximum atomic E-state index is 12.4. The number of amides is 3. The minimum atomic E-state index is -0.377. The van der Waals surface area contributed by atoms with E-state index in [4.69, 9.17) is 21.1 Å². The summed E-state index contributed by atoms with van der Waals surface area (Å²) in [7, 11) is 1.61. The number of carbonyl (C=O) groups excluding carboxylic acids is 3. The molecule has 0 bridgehead atoms. The Kier molecular flexibility index (Phi) is 8.47. The van der Waals surface area contributed by atoms with Gasteiger partial charge in [-0.25, -0.2) is 0 Å². The average Bonchev–Trinajstić information content (AvgIpc) is 3.19. The van der Waals surface area contributed by atoms with E-state index < -0.39 is 0 Å². The lowest BCUT2D eigenvalue weighted by atomic mass is 10.1. The molecule has 32 heavy (non-hydrogen) atoms. The van der Waals surface area contributed by atoms with E-state index in [1.807, 2.05) is 0 Å². The monoisotopic (exact) mass is 459 g/mol. The first-order valence-corrected chi connectivity index (χ1v) is 10.7. The number of anilines is 2. The highest BCUT2D eigenvalue weighted by molar-refractivity contribution is 6.30. The van der Waals surface area contributed by atoms with Gasteiger partial charge < -0.3 is 25.0 Å². The Bertz CT molecular complexity index is 934. The summed E-state index contributed by atoms with van der Waals surface area (Å²) >= 11 is 5.83. The summed E-state index contributed by atoms with van der Waals surface area (Å²) < 4.78 is 10.5. The number of halogens is 1. The number of benzene rings is 2. The zero-order chi connectivity index (χ0) is 22.9. The molecule has 1 atom stereocenters. The van der Waals surface area contributed by atoms with Gasteiger partial charge in [0.1, 0.15) is 5.75 Å². The normalized spacial score (nSPS) is 15.5. The smallest absolute Gasteiger partial charge is 0.262 e. The van der Waals surface area contributed by atoms with Crippen molar-refractivity contribution in [2.24, 2.45) is 5.92 Å². The molecule has 1 fully saturated rings. The average molecular weight is 460 g/mol. The summed E-state index contributed by atoms with van der Waals surface area (Å²) in [5.74, 6) is -0.399. The number of nitrogens with one attached hydrogen (secondary N) is 2. The third kappa shape index (κ3) is 6.70. The van der Waals surface area contributed by atoms with Crippen LogP contribution in [0.2, 0.25) is 5.02 Å². The van der Waals surface area contributed by atoms with Gasteiger partial charge in [0.15, 0.2) is 6.61 Å². The Labute approximate surface area is 191 Å². The molecule has 0 aromatic heterocycles. The van der Waals surface area contributed by atoms with E-state index >= 15 is 0 Å². The molecule has 0 unspecified atom stereocenters. The zero-order valence-corrected chi connectivity index (χ0v) is 18.6. The molecule has 2 N–H and O–H groups in total. The lowest BCUT2D eigenvalue weighted by Crippen LogP contribution is -2.33. The van der Waals surface area contributed by atoms with Crippen LogP contribution in [0.5, 0.6) is 5.75 Å². The Hall–Kier alpha value is -3.10. The molecule has 2 aromatic rings. The summed E-state index contributed by atoms with van der Waals surface area (Å²) in [4.78, 5) is 38.3. The second-order valence-electron chi connectivity index (χ2n) is 7.38. The van der Waals surface area contributed by atoms with E-state index in [1.165, 1.54) is 0 Å². The van der Waals surface area contributed by atoms with Crippen LogP contribution in [-0.4, -0.2) is 51.1 Å². The third-order valence-electron chi connectivity index (χ3n) is 4.97. The third-order valence-corrected chi connectivity index (χ3v) is 5.22. The van der Waals surface area contributed by atoms with Crippen molar-refractivity contribution in [1.29, 1.82) is 0 Å². The lowest BCUT2D eigenvalue weighted by molar-refractivity contribution is -0.126. The molecule has 2 aromatic carbocycles. The summed E-state index contributed by atoms with van der Waals surface area (Å²) in [5.41, 5.74) is 1.31. The maximum Gasteiger partial charge on any atom is 0.262 e. The van der Waals surface area contributed by atoms with Crippen LogP contribution in [0.1, 0.15) is 12.8 Å². The van der Waals surface area contributed by atoms with Crippen LogP contribution >= 0.6 is 11.6 Å². The fourth-order valence-electron chi connectivity index (χ4n) is 3.31. The molecule has 170 valence electrons. The van der Waals surface area contributed by atoms with Crippen molar-refractivity contribution in [3.05, 3.63) is 53.6 Å². The molecule has 0 aliphatic carbocycles. The van der Waals surface area contributed by atoms with Crippen molar-refractivity contribution in [1.82, 2.24) is 5.32 Å². The zero-order valence-electron chi connectivity index (χ0n) is 17.8. The van der Waals surface area contributed by atoms with Crippen LogP contribution in [0.15, 0.2) is 48.5 Å². The largest absolute Gasteiger partial charge is 0.484 e. The van der Waals surface area contributed by atoms with Gasteiger partial charge in [-0.15, -0.1) is 0 Å². The van der Waals surface area contributed by atoms with Gasteiger partial charge in [0.2, 0.25) is 11.8 Å². The molecule has 1 heterocycles. The highest BCUT2D eigenvalue weighted by Gasteiger charge is 2.34. The first-order valence-electron chi connectivity index (χ1n) is 10.3.